The molecule has 2 fully saturated rings. The van der Waals surface area contributed by atoms with Crippen LogP contribution >= 0.6 is 0 Å². The largest absolute Gasteiger partial charge is 0.449 e. The Hall–Kier alpha value is -1.69. The number of fused-ring (bicyclic) bond motifs is 3. The second kappa shape index (κ2) is 9.21. The van der Waals surface area contributed by atoms with Crippen LogP contribution < -0.4 is 9.64 Å². The number of anilines is 1. The van der Waals surface area contributed by atoms with Gasteiger partial charge in [-0.25, -0.2) is 4.39 Å². The summed E-state index contributed by atoms with van der Waals surface area (Å²) < 4.78 is 33.5. The van der Waals surface area contributed by atoms with Gasteiger partial charge in [0.15, 0.2) is 11.6 Å². The Kier molecular flexibility index (Phi) is 6.61. The minimum Gasteiger partial charge on any atom is -0.449 e. The van der Waals surface area contributed by atoms with E-state index in [-0.39, 0.29) is 17.4 Å². The maximum Gasteiger partial charge on any atom is 0.317 e. The highest BCUT2D eigenvalue weighted by atomic mass is 19.1. The number of ether oxygens (including phenoxy) is 1. The monoisotopic (exact) mass is 420 g/mol. The fourth-order valence-electron chi connectivity index (χ4n) is 5.76. The summed E-state index contributed by atoms with van der Waals surface area (Å²) in [5.41, 5.74) is 0.0702. The number of hydrogen-bond acceptors (Lipinski definition) is 3. The van der Waals surface area contributed by atoms with Crippen LogP contribution in [0.15, 0.2) is 18.2 Å². The summed E-state index contributed by atoms with van der Waals surface area (Å²) >= 11 is 0. The Morgan fingerprint density at radius 2 is 1.90 bits per heavy atom. The molecule has 4 nitrogen and oxygen atoms in total. The fraction of sp³-hybridized carbons (Fsp3) is 0.708. The van der Waals surface area contributed by atoms with Gasteiger partial charge in [-0.3, -0.25) is 9.69 Å². The molecule has 0 N–H and O–H groups in total. The maximum atomic E-state index is 14.4. The molecule has 2 saturated heterocycles. The van der Waals surface area contributed by atoms with E-state index in [0.717, 1.165) is 12.5 Å². The van der Waals surface area contributed by atoms with Crippen molar-refractivity contribution in [2.24, 2.45) is 11.8 Å². The van der Waals surface area contributed by atoms with Gasteiger partial charge in [0.2, 0.25) is 0 Å². The van der Waals surface area contributed by atoms with Gasteiger partial charge in [0.25, 0.3) is 0 Å². The summed E-state index contributed by atoms with van der Waals surface area (Å²) in [4.78, 5) is 16.3. The SMILES string of the molecule is CCCCCC1CC2CCC(C1)N2CC(C)CN1C(=O)C(F)Oc2cccc(F)c21. The van der Waals surface area contributed by atoms with Crippen LogP contribution in [0.5, 0.6) is 5.75 Å². The van der Waals surface area contributed by atoms with Crippen molar-refractivity contribution in [3.8, 4) is 5.75 Å². The molecule has 0 aliphatic carbocycles. The van der Waals surface area contributed by atoms with Crippen LogP contribution in [-0.4, -0.2) is 42.3 Å². The minimum absolute atomic E-state index is 0.0702. The molecule has 166 valence electrons. The molecule has 4 unspecified atom stereocenters. The van der Waals surface area contributed by atoms with Gasteiger partial charge in [-0.15, -0.1) is 0 Å². The van der Waals surface area contributed by atoms with E-state index in [1.807, 2.05) is 0 Å². The summed E-state index contributed by atoms with van der Waals surface area (Å²) in [6, 6.07) is 5.52. The Morgan fingerprint density at radius 1 is 1.17 bits per heavy atom. The molecule has 4 atom stereocenters. The number of carbonyl (C=O) groups is 1. The van der Waals surface area contributed by atoms with E-state index in [9.17, 15) is 13.6 Å². The lowest BCUT2D eigenvalue weighted by molar-refractivity contribution is -0.134. The Bertz CT molecular complexity index is 745. The molecule has 0 radical (unpaired) electrons. The minimum atomic E-state index is -2.07. The van der Waals surface area contributed by atoms with E-state index in [2.05, 4.69) is 18.7 Å². The fourth-order valence-corrected chi connectivity index (χ4v) is 5.76. The lowest BCUT2D eigenvalue weighted by Crippen LogP contribution is -2.49. The number of nitrogens with zero attached hydrogens (tertiary/aromatic N) is 2. The van der Waals surface area contributed by atoms with Gasteiger partial charge >= 0.3 is 12.3 Å². The van der Waals surface area contributed by atoms with Crippen molar-refractivity contribution >= 4 is 11.6 Å². The van der Waals surface area contributed by atoms with E-state index in [1.54, 1.807) is 0 Å². The van der Waals surface area contributed by atoms with E-state index in [0.29, 0.717) is 18.6 Å². The van der Waals surface area contributed by atoms with Gasteiger partial charge in [0.05, 0.1) is 0 Å². The van der Waals surface area contributed by atoms with Crippen molar-refractivity contribution in [2.75, 3.05) is 18.0 Å². The van der Waals surface area contributed by atoms with Gasteiger partial charge < -0.3 is 9.64 Å². The number of halogens is 2. The van der Waals surface area contributed by atoms with Crippen molar-refractivity contribution in [3.05, 3.63) is 24.0 Å². The number of carbonyl (C=O) groups excluding carboxylic acids is 1. The number of piperidine rings is 1. The highest BCUT2D eigenvalue weighted by Gasteiger charge is 2.42. The second-order valence-electron chi connectivity index (χ2n) is 9.49. The van der Waals surface area contributed by atoms with E-state index >= 15 is 0 Å². The topological polar surface area (TPSA) is 32.8 Å². The van der Waals surface area contributed by atoms with Crippen molar-refractivity contribution in [2.45, 2.75) is 83.7 Å². The zero-order chi connectivity index (χ0) is 21.3. The van der Waals surface area contributed by atoms with Crippen LogP contribution in [0.4, 0.5) is 14.5 Å². The van der Waals surface area contributed by atoms with E-state index < -0.39 is 18.1 Å². The molecule has 3 aliphatic rings. The second-order valence-corrected chi connectivity index (χ2v) is 9.49. The molecule has 0 aromatic heterocycles. The first-order chi connectivity index (χ1) is 14.5. The first-order valence-electron chi connectivity index (χ1n) is 11.6. The number of unbranched alkanes of at least 4 members (excludes halogenated alkanes) is 2. The van der Waals surface area contributed by atoms with Crippen molar-refractivity contribution < 1.29 is 18.3 Å². The quantitative estimate of drug-likeness (QED) is 0.535. The van der Waals surface area contributed by atoms with Crippen LogP contribution in [0.25, 0.3) is 0 Å². The number of hydrogen-bond donors (Lipinski definition) is 0. The molecule has 0 saturated carbocycles. The molecule has 1 aromatic carbocycles. The van der Waals surface area contributed by atoms with Gasteiger partial charge in [-0.2, -0.15) is 4.39 Å². The number of para-hydroxylation sites is 1. The first kappa shape index (κ1) is 21.5. The van der Waals surface area contributed by atoms with Crippen LogP contribution in [0.3, 0.4) is 0 Å². The van der Waals surface area contributed by atoms with Gasteiger partial charge in [0, 0.05) is 25.2 Å². The molecule has 3 aliphatic heterocycles. The van der Waals surface area contributed by atoms with Crippen molar-refractivity contribution in [1.82, 2.24) is 4.90 Å². The molecule has 6 heteroatoms. The number of rotatable bonds is 8. The highest BCUT2D eigenvalue weighted by molar-refractivity contribution is 5.99. The van der Waals surface area contributed by atoms with Crippen LogP contribution in [0.1, 0.15) is 65.2 Å². The number of amides is 1. The third-order valence-electron chi connectivity index (χ3n) is 7.12. The first-order valence-corrected chi connectivity index (χ1v) is 11.6. The molecule has 2 bridgehead atoms. The van der Waals surface area contributed by atoms with Crippen LogP contribution in [-0.2, 0) is 4.79 Å². The van der Waals surface area contributed by atoms with Crippen LogP contribution in [0, 0.1) is 17.7 Å². The third-order valence-corrected chi connectivity index (χ3v) is 7.12. The average molecular weight is 421 g/mol. The van der Waals surface area contributed by atoms with Crippen molar-refractivity contribution in [1.29, 1.82) is 0 Å². The molecule has 4 rings (SSSR count). The molecule has 1 amide bonds. The molecular formula is C24H34F2N2O2. The normalized spacial score (nSPS) is 29.6. The zero-order valence-electron chi connectivity index (χ0n) is 18.2. The summed E-state index contributed by atoms with van der Waals surface area (Å²) in [5.74, 6) is -0.298. The number of alkyl halides is 1. The molecule has 1 aromatic rings. The Labute approximate surface area is 178 Å². The number of benzene rings is 1. The molecule has 3 heterocycles. The van der Waals surface area contributed by atoms with Crippen molar-refractivity contribution in [3.63, 3.8) is 0 Å². The van der Waals surface area contributed by atoms with Gasteiger partial charge in [-0.1, -0.05) is 45.6 Å². The lowest BCUT2D eigenvalue weighted by atomic mass is 9.86. The molecular weight excluding hydrogens is 386 g/mol. The lowest BCUT2D eigenvalue weighted by Gasteiger charge is -2.41. The Morgan fingerprint density at radius 3 is 2.60 bits per heavy atom. The average Bonchev–Trinajstić information content (AvgIpc) is 2.94. The van der Waals surface area contributed by atoms with E-state index in [4.69, 9.17) is 4.74 Å². The van der Waals surface area contributed by atoms with Gasteiger partial charge in [0.1, 0.15) is 5.69 Å². The highest BCUT2D eigenvalue weighted by Crippen LogP contribution is 2.41. The predicted molar refractivity (Wildman–Crippen MR) is 114 cm³/mol. The zero-order valence-corrected chi connectivity index (χ0v) is 18.2. The van der Waals surface area contributed by atoms with Crippen LogP contribution in [0.2, 0.25) is 0 Å². The summed E-state index contributed by atoms with van der Waals surface area (Å²) in [6.45, 7) is 5.49. The summed E-state index contributed by atoms with van der Waals surface area (Å²) in [7, 11) is 0. The molecule has 0 spiro atoms. The third kappa shape index (κ3) is 4.34. The standard InChI is InChI=1S/C24H34F2N2O2/c1-3-4-5-7-17-12-18-10-11-19(13-17)27(18)14-16(2)15-28-22-20(25)8-6-9-21(22)30-23(26)24(28)29/h6,8-9,16-19,23H,3-5,7,10-15H2,1-2H3. The smallest absolute Gasteiger partial charge is 0.317 e. The summed E-state index contributed by atoms with van der Waals surface area (Å²) in [5, 5.41) is 0. The maximum absolute atomic E-state index is 14.4. The van der Waals surface area contributed by atoms with E-state index in [1.165, 1.54) is 74.5 Å². The summed E-state index contributed by atoms with van der Waals surface area (Å²) in [6.07, 6.45) is 8.26. The Balaban J connectivity index is 1.39. The predicted octanol–water partition coefficient (Wildman–Crippen LogP) is 5.31. The van der Waals surface area contributed by atoms with Gasteiger partial charge in [-0.05, 0) is 49.7 Å². The molecule has 30 heavy (non-hydrogen) atoms.